The molecule has 0 unspecified atom stereocenters. The number of pyridine rings is 1. The summed E-state index contributed by atoms with van der Waals surface area (Å²) in [5.41, 5.74) is 3.32. The van der Waals surface area contributed by atoms with Gasteiger partial charge in [0.05, 0.1) is 0 Å². The maximum absolute atomic E-state index is 12.8. The van der Waals surface area contributed by atoms with Gasteiger partial charge in [0.25, 0.3) is 5.91 Å². The van der Waals surface area contributed by atoms with Gasteiger partial charge in [-0.15, -0.1) is 0 Å². The Morgan fingerprint density at radius 3 is 2.88 bits per heavy atom. The molecule has 3 aromatic heterocycles. The van der Waals surface area contributed by atoms with Crippen LogP contribution in [0, 0.1) is 13.8 Å². The number of nitrogens with zero attached hydrogens (tertiary/aromatic N) is 5. The van der Waals surface area contributed by atoms with Gasteiger partial charge >= 0.3 is 0 Å². The third-order valence-electron chi connectivity index (χ3n) is 4.57. The van der Waals surface area contributed by atoms with Gasteiger partial charge in [-0.05, 0) is 38.5 Å². The second kappa shape index (κ2) is 5.70. The zero-order valence-corrected chi connectivity index (χ0v) is 13.8. The molecule has 0 aromatic carbocycles. The Morgan fingerprint density at radius 2 is 2.08 bits per heavy atom. The maximum atomic E-state index is 12.8. The fourth-order valence-corrected chi connectivity index (χ4v) is 3.23. The van der Waals surface area contributed by atoms with E-state index in [1.807, 2.05) is 53.6 Å². The number of fused-ring (bicyclic) bond motifs is 1. The predicted molar refractivity (Wildman–Crippen MR) is 90.0 cm³/mol. The van der Waals surface area contributed by atoms with Crippen molar-refractivity contribution in [2.45, 2.75) is 26.2 Å². The number of imidazole rings is 1. The molecule has 4 heterocycles. The number of hydrogen-bond acceptors (Lipinski definition) is 4. The number of aromatic nitrogens is 4. The first-order valence-electron chi connectivity index (χ1n) is 8.15. The molecule has 6 heteroatoms. The Labute approximate surface area is 140 Å². The van der Waals surface area contributed by atoms with Gasteiger partial charge in [-0.1, -0.05) is 6.07 Å². The van der Waals surface area contributed by atoms with E-state index in [0.29, 0.717) is 18.8 Å². The predicted octanol–water partition coefficient (Wildman–Crippen LogP) is 2.37. The summed E-state index contributed by atoms with van der Waals surface area (Å²) in [6.07, 6.45) is 4.50. The minimum absolute atomic E-state index is 0.0201. The summed E-state index contributed by atoms with van der Waals surface area (Å²) in [7, 11) is 0. The van der Waals surface area contributed by atoms with E-state index in [0.717, 1.165) is 29.3 Å². The van der Waals surface area contributed by atoms with Gasteiger partial charge in [-0.2, -0.15) is 0 Å². The van der Waals surface area contributed by atoms with E-state index in [1.54, 1.807) is 6.20 Å². The largest absolute Gasteiger partial charge is 0.337 e. The normalized spacial score (nSPS) is 17.6. The highest BCUT2D eigenvalue weighted by Crippen LogP contribution is 2.26. The van der Waals surface area contributed by atoms with Gasteiger partial charge in [0.1, 0.15) is 17.2 Å². The van der Waals surface area contributed by atoms with Crippen molar-refractivity contribution in [3.8, 4) is 0 Å². The molecular formula is C18H19N5O. The van der Waals surface area contributed by atoms with Crippen LogP contribution in [-0.2, 0) is 0 Å². The molecule has 0 aliphatic carbocycles. The second-order valence-corrected chi connectivity index (χ2v) is 6.31. The zero-order valence-electron chi connectivity index (χ0n) is 13.8. The SMILES string of the molecule is Cc1ccnc([C@@H]2CCN(C(=O)c3cn4c(C)cccc4n3)C2)n1. The molecule has 0 bridgehead atoms. The molecule has 0 saturated carbocycles. The van der Waals surface area contributed by atoms with Crippen LogP contribution in [0.4, 0.5) is 0 Å². The van der Waals surface area contributed by atoms with Crippen molar-refractivity contribution in [3.63, 3.8) is 0 Å². The number of aryl methyl sites for hydroxylation is 2. The molecule has 1 aliphatic rings. The Balaban J connectivity index is 1.55. The van der Waals surface area contributed by atoms with Gasteiger partial charge in [0, 0.05) is 42.8 Å². The molecular weight excluding hydrogens is 302 g/mol. The average Bonchev–Trinajstić information content (AvgIpc) is 3.22. The first-order chi connectivity index (χ1) is 11.6. The van der Waals surface area contributed by atoms with Crippen LogP contribution in [0.15, 0.2) is 36.7 Å². The molecule has 0 radical (unpaired) electrons. The Hall–Kier alpha value is -2.76. The summed E-state index contributed by atoms with van der Waals surface area (Å²) in [5.74, 6) is 1.01. The highest BCUT2D eigenvalue weighted by molar-refractivity contribution is 5.93. The molecule has 1 atom stereocenters. The fraction of sp³-hybridized carbons (Fsp3) is 0.333. The molecule has 0 spiro atoms. The highest BCUT2D eigenvalue weighted by Gasteiger charge is 2.30. The number of likely N-dealkylation sites (tertiary alicyclic amines) is 1. The standard InChI is InChI=1S/C18H19N5O/c1-12-6-8-19-17(20-12)14-7-9-22(10-14)18(24)15-11-23-13(2)4-3-5-16(23)21-15/h3-6,8,11,14H,7,9-10H2,1-2H3/t14-/m1/s1. The van der Waals surface area contributed by atoms with Crippen molar-refractivity contribution >= 4 is 11.6 Å². The number of rotatable bonds is 2. The quantitative estimate of drug-likeness (QED) is 0.727. The molecule has 0 N–H and O–H groups in total. The van der Waals surface area contributed by atoms with Crippen molar-refractivity contribution in [1.82, 2.24) is 24.3 Å². The van der Waals surface area contributed by atoms with E-state index in [9.17, 15) is 4.79 Å². The summed E-state index contributed by atoms with van der Waals surface area (Å²) in [6, 6.07) is 7.76. The van der Waals surface area contributed by atoms with Crippen LogP contribution in [0.5, 0.6) is 0 Å². The monoisotopic (exact) mass is 321 g/mol. The van der Waals surface area contributed by atoms with E-state index < -0.39 is 0 Å². The lowest BCUT2D eigenvalue weighted by Gasteiger charge is -2.14. The van der Waals surface area contributed by atoms with E-state index in [-0.39, 0.29) is 11.8 Å². The second-order valence-electron chi connectivity index (χ2n) is 6.31. The van der Waals surface area contributed by atoms with Crippen LogP contribution < -0.4 is 0 Å². The molecule has 1 amide bonds. The third kappa shape index (κ3) is 2.54. The summed E-state index contributed by atoms with van der Waals surface area (Å²) >= 11 is 0. The lowest BCUT2D eigenvalue weighted by atomic mass is 10.1. The number of amides is 1. The van der Waals surface area contributed by atoms with Crippen LogP contribution in [0.1, 0.15) is 40.0 Å². The molecule has 6 nitrogen and oxygen atoms in total. The highest BCUT2D eigenvalue weighted by atomic mass is 16.2. The molecule has 4 rings (SSSR count). The molecule has 1 fully saturated rings. The topological polar surface area (TPSA) is 63.4 Å². The number of hydrogen-bond donors (Lipinski definition) is 0. The van der Waals surface area contributed by atoms with Crippen LogP contribution in [0.3, 0.4) is 0 Å². The van der Waals surface area contributed by atoms with Gasteiger partial charge in [0.15, 0.2) is 0 Å². The molecule has 3 aromatic rings. The van der Waals surface area contributed by atoms with E-state index in [4.69, 9.17) is 0 Å². The smallest absolute Gasteiger partial charge is 0.274 e. The lowest BCUT2D eigenvalue weighted by Crippen LogP contribution is -2.28. The number of carbonyl (C=O) groups excluding carboxylic acids is 1. The minimum atomic E-state index is -0.0201. The van der Waals surface area contributed by atoms with Crippen molar-refractivity contribution < 1.29 is 4.79 Å². The van der Waals surface area contributed by atoms with Crippen LogP contribution in [0.2, 0.25) is 0 Å². The summed E-state index contributed by atoms with van der Waals surface area (Å²) in [4.78, 5) is 28.0. The molecule has 24 heavy (non-hydrogen) atoms. The van der Waals surface area contributed by atoms with Crippen molar-refractivity contribution in [2.24, 2.45) is 0 Å². The first-order valence-corrected chi connectivity index (χ1v) is 8.15. The average molecular weight is 321 g/mol. The first kappa shape index (κ1) is 14.8. The summed E-state index contributed by atoms with van der Waals surface area (Å²) in [6.45, 7) is 5.33. The van der Waals surface area contributed by atoms with Gasteiger partial charge in [0.2, 0.25) is 0 Å². The van der Waals surface area contributed by atoms with E-state index in [1.165, 1.54) is 0 Å². The number of carbonyl (C=O) groups is 1. The van der Waals surface area contributed by atoms with Crippen molar-refractivity contribution in [1.29, 1.82) is 0 Å². The van der Waals surface area contributed by atoms with Crippen LogP contribution in [-0.4, -0.2) is 43.2 Å². The molecule has 1 saturated heterocycles. The Bertz CT molecular complexity index is 917. The zero-order chi connectivity index (χ0) is 16.7. The Kier molecular flexibility index (Phi) is 3.52. The van der Waals surface area contributed by atoms with Crippen LogP contribution in [0.25, 0.3) is 5.65 Å². The van der Waals surface area contributed by atoms with Crippen LogP contribution >= 0.6 is 0 Å². The Morgan fingerprint density at radius 1 is 1.21 bits per heavy atom. The fourth-order valence-electron chi connectivity index (χ4n) is 3.23. The molecule has 122 valence electrons. The summed E-state index contributed by atoms with van der Waals surface area (Å²) in [5, 5.41) is 0. The maximum Gasteiger partial charge on any atom is 0.274 e. The summed E-state index contributed by atoms with van der Waals surface area (Å²) < 4.78 is 1.95. The van der Waals surface area contributed by atoms with Gasteiger partial charge in [-0.3, -0.25) is 4.79 Å². The van der Waals surface area contributed by atoms with E-state index in [2.05, 4.69) is 15.0 Å². The van der Waals surface area contributed by atoms with Gasteiger partial charge < -0.3 is 9.30 Å². The van der Waals surface area contributed by atoms with Crippen molar-refractivity contribution in [3.05, 3.63) is 59.6 Å². The minimum Gasteiger partial charge on any atom is -0.337 e. The van der Waals surface area contributed by atoms with E-state index >= 15 is 0 Å². The van der Waals surface area contributed by atoms with Crippen molar-refractivity contribution in [2.75, 3.05) is 13.1 Å². The molecule has 1 aliphatic heterocycles. The lowest BCUT2D eigenvalue weighted by molar-refractivity contribution is 0.0785. The van der Waals surface area contributed by atoms with Gasteiger partial charge in [-0.25, -0.2) is 15.0 Å². The third-order valence-corrected chi connectivity index (χ3v) is 4.57.